The standard InChI is InChI=1S/C20H24BrNO3/c1-24-16-8-9-17(20(12-16)25-2)18-7-4-10-22(18)13-19(23)14-5-3-6-15(21)11-14/h3,5-6,8-9,11-12,18-19,23H,4,7,10,13H2,1-2H3/t18-,19+/m0/s1. The Hall–Kier alpha value is -1.56. The molecule has 0 spiro atoms. The van der Waals surface area contributed by atoms with Gasteiger partial charge < -0.3 is 14.6 Å². The van der Waals surface area contributed by atoms with Crippen molar-refractivity contribution in [2.24, 2.45) is 0 Å². The van der Waals surface area contributed by atoms with Gasteiger partial charge in [0.05, 0.1) is 20.3 Å². The van der Waals surface area contributed by atoms with Crippen LogP contribution >= 0.6 is 15.9 Å². The van der Waals surface area contributed by atoms with Crippen LogP contribution in [-0.2, 0) is 0 Å². The molecule has 0 bridgehead atoms. The van der Waals surface area contributed by atoms with Crippen molar-refractivity contribution in [3.63, 3.8) is 0 Å². The molecule has 0 aliphatic carbocycles. The summed E-state index contributed by atoms with van der Waals surface area (Å²) in [5, 5.41) is 10.7. The third-order valence-corrected chi connectivity index (χ3v) is 5.30. The van der Waals surface area contributed by atoms with Crippen LogP contribution in [0.25, 0.3) is 0 Å². The van der Waals surface area contributed by atoms with E-state index in [2.05, 4.69) is 26.9 Å². The van der Waals surface area contributed by atoms with Crippen molar-refractivity contribution in [2.45, 2.75) is 25.0 Å². The normalized spacial score (nSPS) is 19.0. The van der Waals surface area contributed by atoms with Gasteiger partial charge in [0.2, 0.25) is 0 Å². The van der Waals surface area contributed by atoms with E-state index in [1.807, 2.05) is 36.4 Å². The van der Waals surface area contributed by atoms with Crippen LogP contribution in [0.2, 0.25) is 0 Å². The van der Waals surface area contributed by atoms with E-state index in [0.29, 0.717) is 6.54 Å². The average molecular weight is 406 g/mol. The molecule has 1 fully saturated rings. The average Bonchev–Trinajstić information content (AvgIpc) is 3.08. The molecule has 25 heavy (non-hydrogen) atoms. The van der Waals surface area contributed by atoms with Crippen LogP contribution in [0.4, 0.5) is 0 Å². The highest BCUT2D eigenvalue weighted by atomic mass is 79.9. The van der Waals surface area contributed by atoms with Gasteiger partial charge in [-0.15, -0.1) is 0 Å². The maximum atomic E-state index is 10.7. The molecule has 2 atom stereocenters. The molecule has 0 unspecified atom stereocenters. The lowest BCUT2D eigenvalue weighted by atomic mass is 10.0. The van der Waals surface area contributed by atoms with Gasteiger partial charge in [-0.3, -0.25) is 4.90 Å². The number of hydrogen-bond acceptors (Lipinski definition) is 4. The summed E-state index contributed by atoms with van der Waals surface area (Å²) in [7, 11) is 3.35. The van der Waals surface area contributed by atoms with Gasteiger partial charge in [0.15, 0.2) is 0 Å². The van der Waals surface area contributed by atoms with Crippen LogP contribution in [0.1, 0.15) is 36.1 Å². The summed E-state index contributed by atoms with van der Waals surface area (Å²) >= 11 is 3.47. The third-order valence-electron chi connectivity index (χ3n) is 4.80. The summed E-state index contributed by atoms with van der Waals surface area (Å²) in [6.45, 7) is 1.58. The molecular formula is C20H24BrNO3. The highest BCUT2D eigenvalue weighted by molar-refractivity contribution is 9.10. The molecule has 1 saturated heterocycles. The van der Waals surface area contributed by atoms with Crippen LogP contribution in [-0.4, -0.2) is 37.3 Å². The molecule has 2 aromatic rings. The second-order valence-corrected chi connectivity index (χ2v) is 7.25. The van der Waals surface area contributed by atoms with Crippen LogP contribution in [0.3, 0.4) is 0 Å². The monoisotopic (exact) mass is 405 g/mol. The topological polar surface area (TPSA) is 41.9 Å². The van der Waals surface area contributed by atoms with E-state index in [4.69, 9.17) is 9.47 Å². The number of halogens is 1. The molecule has 0 saturated carbocycles. The summed E-state index contributed by atoms with van der Waals surface area (Å²) in [4.78, 5) is 2.34. The molecule has 4 nitrogen and oxygen atoms in total. The minimum absolute atomic E-state index is 0.252. The first-order valence-electron chi connectivity index (χ1n) is 8.52. The molecule has 2 aromatic carbocycles. The molecule has 0 radical (unpaired) electrons. The Kier molecular flexibility index (Phi) is 5.99. The fraction of sp³-hybridized carbons (Fsp3) is 0.400. The number of aliphatic hydroxyl groups is 1. The van der Waals surface area contributed by atoms with Gasteiger partial charge >= 0.3 is 0 Å². The van der Waals surface area contributed by atoms with Crippen molar-refractivity contribution in [1.82, 2.24) is 4.90 Å². The van der Waals surface area contributed by atoms with Crippen molar-refractivity contribution in [3.05, 3.63) is 58.1 Å². The number of aliphatic hydroxyl groups excluding tert-OH is 1. The predicted octanol–water partition coefficient (Wildman–Crippen LogP) is 4.34. The number of hydrogen-bond donors (Lipinski definition) is 1. The van der Waals surface area contributed by atoms with E-state index in [0.717, 1.165) is 46.5 Å². The molecule has 1 heterocycles. The Labute approximate surface area is 157 Å². The maximum absolute atomic E-state index is 10.7. The zero-order valence-electron chi connectivity index (χ0n) is 14.6. The van der Waals surface area contributed by atoms with Crippen LogP contribution < -0.4 is 9.47 Å². The Balaban J connectivity index is 1.79. The van der Waals surface area contributed by atoms with Gasteiger partial charge in [0.25, 0.3) is 0 Å². The lowest BCUT2D eigenvalue weighted by molar-refractivity contribution is 0.105. The Bertz CT molecular complexity index is 722. The van der Waals surface area contributed by atoms with Crippen LogP contribution in [0, 0.1) is 0 Å². The van der Waals surface area contributed by atoms with Gasteiger partial charge in [0, 0.05) is 28.7 Å². The molecule has 134 valence electrons. The number of benzene rings is 2. The van der Waals surface area contributed by atoms with Crippen LogP contribution in [0.15, 0.2) is 46.9 Å². The molecule has 1 aliphatic rings. The number of β-amino-alcohol motifs (C(OH)–C–C–N with tert-alkyl or cyclic N) is 1. The molecule has 0 aromatic heterocycles. The Morgan fingerprint density at radius 3 is 2.76 bits per heavy atom. The zero-order valence-corrected chi connectivity index (χ0v) is 16.2. The highest BCUT2D eigenvalue weighted by Crippen LogP contribution is 2.39. The summed E-state index contributed by atoms with van der Waals surface area (Å²) in [6.07, 6.45) is 1.67. The summed E-state index contributed by atoms with van der Waals surface area (Å²) in [5.41, 5.74) is 2.09. The Morgan fingerprint density at radius 2 is 2.04 bits per heavy atom. The van der Waals surface area contributed by atoms with Crippen molar-refractivity contribution >= 4 is 15.9 Å². The number of likely N-dealkylation sites (tertiary alicyclic amines) is 1. The van der Waals surface area contributed by atoms with Crippen molar-refractivity contribution in [2.75, 3.05) is 27.3 Å². The number of methoxy groups -OCH3 is 2. The van der Waals surface area contributed by atoms with Crippen LogP contribution in [0.5, 0.6) is 11.5 Å². The quantitative estimate of drug-likeness (QED) is 0.775. The van der Waals surface area contributed by atoms with Crippen molar-refractivity contribution in [1.29, 1.82) is 0 Å². The molecule has 1 N–H and O–H groups in total. The summed E-state index contributed by atoms with van der Waals surface area (Å²) < 4.78 is 11.9. The highest BCUT2D eigenvalue weighted by Gasteiger charge is 2.30. The molecule has 0 amide bonds. The fourth-order valence-corrected chi connectivity index (χ4v) is 3.95. The minimum Gasteiger partial charge on any atom is -0.497 e. The van der Waals surface area contributed by atoms with Gasteiger partial charge in [0.1, 0.15) is 11.5 Å². The van der Waals surface area contributed by atoms with Gasteiger partial charge in [-0.25, -0.2) is 0 Å². The maximum Gasteiger partial charge on any atom is 0.127 e. The number of rotatable bonds is 6. The van der Waals surface area contributed by atoms with E-state index in [9.17, 15) is 5.11 Å². The van der Waals surface area contributed by atoms with Crippen molar-refractivity contribution in [3.8, 4) is 11.5 Å². The zero-order chi connectivity index (χ0) is 17.8. The fourth-order valence-electron chi connectivity index (χ4n) is 3.53. The van der Waals surface area contributed by atoms with Gasteiger partial charge in [-0.2, -0.15) is 0 Å². The number of nitrogens with zero attached hydrogens (tertiary/aromatic N) is 1. The largest absolute Gasteiger partial charge is 0.497 e. The molecular weight excluding hydrogens is 382 g/mol. The van der Waals surface area contributed by atoms with E-state index in [1.165, 1.54) is 0 Å². The first kappa shape index (κ1) is 18.2. The first-order valence-corrected chi connectivity index (χ1v) is 9.31. The summed E-state index contributed by atoms with van der Waals surface area (Å²) in [5.74, 6) is 1.63. The van der Waals surface area contributed by atoms with Gasteiger partial charge in [-0.05, 0) is 43.1 Å². The van der Waals surface area contributed by atoms with Crippen molar-refractivity contribution < 1.29 is 14.6 Å². The van der Waals surface area contributed by atoms with E-state index in [-0.39, 0.29) is 6.04 Å². The second kappa shape index (κ2) is 8.21. The minimum atomic E-state index is -0.512. The number of ether oxygens (including phenoxy) is 2. The van der Waals surface area contributed by atoms with E-state index in [1.54, 1.807) is 14.2 Å². The molecule has 5 heteroatoms. The smallest absolute Gasteiger partial charge is 0.127 e. The lowest BCUT2D eigenvalue weighted by Crippen LogP contribution is -2.28. The van der Waals surface area contributed by atoms with E-state index >= 15 is 0 Å². The first-order chi connectivity index (χ1) is 12.1. The third kappa shape index (κ3) is 4.17. The predicted molar refractivity (Wildman–Crippen MR) is 102 cm³/mol. The lowest BCUT2D eigenvalue weighted by Gasteiger charge is -2.28. The molecule has 3 rings (SSSR count). The Morgan fingerprint density at radius 1 is 1.20 bits per heavy atom. The summed E-state index contributed by atoms with van der Waals surface area (Å²) in [6, 6.07) is 14.1. The van der Waals surface area contributed by atoms with E-state index < -0.39 is 6.10 Å². The SMILES string of the molecule is COc1ccc([C@@H]2CCCN2C[C@@H](O)c2cccc(Br)c2)c(OC)c1. The molecule has 1 aliphatic heterocycles. The second-order valence-electron chi connectivity index (χ2n) is 6.33. The van der Waals surface area contributed by atoms with Gasteiger partial charge in [-0.1, -0.05) is 34.1 Å².